The van der Waals surface area contributed by atoms with Crippen molar-refractivity contribution in [3.8, 4) is 11.5 Å². The minimum absolute atomic E-state index is 0.305. The molecule has 0 aliphatic rings. The maximum absolute atomic E-state index is 12.4. The van der Waals surface area contributed by atoms with Crippen LogP contribution in [0.1, 0.15) is 24.2 Å². The molecular formula is C20H23N3O5. The van der Waals surface area contributed by atoms with Gasteiger partial charge in [-0.1, -0.05) is 12.1 Å². The molecule has 0 spiro atoms. The van der Waals surface area contributed by atoms with E-state index in [1.807, 2.05) is 0 Å². The van der Waals surface area contributed by atoms with Gasteiger partial charge in [-0.2, -0.15) is 0 Å². The summed E-state index contributed by atoms with van der Waals surface area (Å²) in [5.41, 5.74) is 0.976. The number of imide groups is 1. The van der Waals surface area contributed by atoms with Gasteiger partial charge in [-0.25, -0.2) is 4.79 Å². The number of carbonyl (C=O) groups is 3. The predicted octanol–water partition coefficient (Wildman–Crippen LogP) is 2.56. The van der Waals surface area contributed by atoms with Crippen LogP contribution in [0.4, 0.5) is 10.5 Å². The molecule has 0 radical (unpaired) electrons. The fourth-order valence-electron chi connectivity index (χ4n) is 2.32. The lowest BCUT2D eigenvalue weighted by Crippen LogP contribution is -2.45. The van der Waals surface area contributed by atoms with Crippen molar-refractivity contribution < 1.29 is 23.9 Å². The first kappa shape index (κ1) is 20.8. The van der Waals surface area contributed by atoms with Crippen LogP contribution in [0.25, 0.3) is 0 Å². The Labute approximate surface area is 163 Å². The fraction of sp³-hybridized carbons (Fsp3) is 0.250. The van der Waals surface area contributed by atoms with Gasteiger partial charge in [0.2, 0.25) is 0 Å². The molecule has 8 nitrogen and oxygen atoms in total. The third-order valence-electron chi connectivity index (χ3n) is 3.72. The third kappa shape index (κ3) is 5.73. The van der Waals surface area contributed by atoms with Crippen LogP contribution < -0.4 is 25.4 Å². The second-order valence-corrected chi connectivity index (χ2v) is 5.79. The monoisotopic (exact) mass is 385 g/mol. The number of anilines is 1. The molecule has 2 aromatic carbocycles. The minimum Gasteiger partial charge on any atom is -0.496 e. The van der Waals surface area contributed by atoms with Crippen molar-refractivity contribution in [3.05, 3.63) is 54.1 Å². The van der Waals surface area contributed by atoms with Gasteiger partial charge in [0.1, 0.15) is 11.5 Å². The van der Waals surface area contributed by atoms with Crippen molar-refractivity contribution in [3.63, 3.8) is 0 Å². The molecule has 0 fully saturated rings. The van der Waals surface area contributed by atoms with E-state index >= 15 is 0 Å². The van der Waals surface area contributed by atoms with E-state index in [2.05, 4.69) is 16.0 Å². The Morgan fingerprint density at radius 1 is 1.04 bits per heavy atom. The molecule has 0 saturated carbocycles. The zero-order chi connectivity index (χ0) is 20.5. The van der Waals surface area contributed by atoms with E-state index in [4.69, 9.17) is 9.47 Å². The van der Waals surface area contributed by atoms with E-state index in [0.717, 1.165) is 0 Å². The molecule has 0 unspecified atom stereocenters. The average molecular weight is 385 g/mol. The predicted molar refractivity (Wildman–Crippen MR) is 105 cm³/mol. The summed E-state index contributed by atoms with van der Waals surface area (Å²) < 4.78 is 10.7. The third-order valence-corrected chi connectivity index (χ3v) is 3.72. The van der Waals surface area contributed by atoms with Crippen LogP contribution in [0.15, 0.2) is 48.5 Å². The van der Waals surface area contributed by atoms with E-state index in [-0.39, 0.29) is 5.91 Å². The van der Waals surface area contributed by atoms with Gasteiger partial charge in [0.15, 0.2) is 6.10 Å². The van der Waals surface area contributed by atoms with Crippen molar-refractivity contribution in [2.75, 3.05) is 19.0 Å². The van der Waals surface area contributed by atoms with Crippen LogP contribution in [-0.4, -0.2) is 37.6 Å². The normalized spacial score (nSPS) is 11.1. The van der Waals surface area contributed by atoms with Crippen molar-refractivity contribution in [1.29, 1.82) is 0 Å². The molecule has 2 rings (SSSR count). The van der Waals surface area contributed by atoms with Crippen molar-refractivity contribution in [2.24, 2.45) is 0 Å². The Bertz CT molecular complexity index is 836. The van der Waals surface area contributed by atoms with Crippen molar-refractivity contribution in [1.82, 2.24) is 10.6 Å². The van der Waals surface area contributed by atoms with Gasteiger partial charge in [-0.05, 0) is 50.2 Å². The first-order chi connectivity index (χ1) is 13.4. The molecular weight excluding hydrogens is 362 g/mol. The van der Waals surface area contributed by atoms with Gasteiger partial charge < -0.3 is 20.1 Å². The topological polar surface area (TPSA) is 106 Å². The zero-order valence-electron chi connectivity index (χ0n) is 15.9. The van der Waals surface area contributed by atoms with Crippen LogP contribution in [0.3, 0.4) is 0 Å². The number of carbonyl (C=O) groups excluding carboxylic acids is 3. The van der Waals surface area contributed by atoms with Crippen molar-refractivity contribution >= 4 is 23.5 Å². The molecule has 8 heteroatoms. The van der Waals surface area contributed by atoms with Gasteiger partial charge in [0, 0.05) is 12.2 Å². The Hall–Kier alpha value is -3.55. The Morgan fingerprint density at radius 2 is 1.71 bits per heavy atom. The summed E-state index contributed by atoms with van der Waals surface area (Å²) in [5, 5.41) is 7.42. The highest BCUT2D eigenvalue weighted by Gasteiger charge is 2.17. The summed E-state index contributed by atoms with van der Waals surface area (Å²) in [7, 11) is 1.50. The fourth-order valence-corrected chi connectivity index (χ4v) is 2.32. The van der Waals surface area contributed by atoms with Gasteiger partial charge in [0.05, 0.1) is 12.7 Å². The number of rotatable bonds is 7. The smallest absolute Gasteiger partial charge is 0.321 e. The average Bonchev–Trinajstić information content (AvgIpc) is 2.69. The summed E-state index contributed by atoms with van der Waals surface area (Å²) in [4.78, 5) is 35.7. The number of hydrogen-bond donors (Lipinski definition) is 3. The second-order valence-electron chi connectivity index (χ2n) is 5.79. The summed E-state index contributed by atoms with van der Waals surface area (Å²) >= 11 is 0. The molecule has 0 bridgehead atoms. The van der Waals surface area contributed by atoms with E-state index in [0.29, 0.717) is 29.3 Å². The molecule has 0 saturated heterocycles. The maximum Gasteiger partial charge on any atom is 0.321 e. The van der Waals surface area contributed by atoms with Gasteiger partial charge in [0.25, 0.3) is 11.8 Å². The van der Waals surface area contributed by atoms with Crippen molar-refractivity contribution in [2.45, 2.75) is 20.0 Å². The molecule has 148 valence electrons. The standard InChI is InChI=1S/C20H23N3O5/c1-4-21-20(26)23-18(24)13(2)28-15-11-9-14(10-12-15)22-19(25)16-7-5-6-8-17(16)27-3/h5-13H,4H2,1-3H3,(H,22,25)(H2,21,23,24,26)/t13-/m1/s1. The van der Waals surface area contributed by atoms with E-state index < -0.39 is 18.0 Å². The molecule has 0 aromatic heterocycles. The molecule has 0 heterocycles. The van der Waals surface area contributed by atoms with Gasteiger partial charge in [-0.15, -0.1) is 0 Å². The number of benzene rings is 2. The highest BCUT2D eigenvalue weighted by Crippen LogP contribution is 2.21. The van der Waals surface area contributed by atoms with Gasteiger partial charge >= 0.3 is 6.03 Å². The molecule has 3 N–H and O–H groups in total. The number of amides is 4. The van der Waals surface area contributed by atoms with Crippen LogP contribution in [-0.2, 0) is 4.79 Å². The summed E-state index contributed by atoms with van der Waals surface area (Å²) in [6.07, 6.45) is -0.864. The lowest BCUT2D eigenvalue weighted by Gasteiger charge is -2.15. The Kier molecular flexibility index (Phi) is 7.38. The minimum atomic E-state index is -0.864. The number of para-hydroxylation sites is 1. The first-order valence-corrected chi connectivity index (χ1v) is 8.74. The maximum atomic E-state index is 12.4. The van der Waals surface area contributed by atoms with Crippen LogP contribution in [0.2, 0.25) is 0 Å². The molecule has 1 atom stereocenters. The molecule has 0 aliphatic heterocycles. The number of methoxy groups -OCH3 is 1. The molecule has 0 aliphatic carbocycles. The lowest BCUT2D eigenvalue weighted by molar-refractivity contribution is -0.126. The highest BCUT2D eigenvalue weighted by molar-refractivity contribution is 6.06. The zero-order valence-corrected chi connectivity index (χ0v) is 15.9. The molecule has 4 amide bonds. The quantitative estimate of drug-likeness (QED) is 0.679. The summed E-state index contributed by atoms with van der Waals surface area (Å²) in [6.45, 7) is 3.69. The molecule has 28 heavy (non-hydrogen) atoms. The van der Waals surface area contributed by atoms with E-state index in [9.17, 15) is 14.4 Å². The van der Waals surface area contributed by atoms with Crippen LogP contribution in [0.5, 0.6) is 11.5 Å². The second kappa shape index (κ2) is 9.96. The van der Waals surface area contributed by atoms with E-state index in [1.165, 1.54) is 14.0 Å². The SMILES string of the molecule is CCNC(=O)NC(=O)[C@@H](C)Oc1ccc(NC(=O)c2ccccc2OC)cc1. The largest absolute Gasteiger partial charge is 0.496 e. The van der Waals surface area contributed by atoms with Crippen LogP contribution >= 0.6 is 0 Å². The van der Waals surface area contributed by atoms with Gasteiger partial charge in [-0.3, -0.25) is 14.9 Å². The lowest BCUT2D eigenvalue weighted by atomic mass is 10.2. The number of nitrogens with one attached hydrogen (secondary N) is 3. The number of urea groups is 1. The van der Waals surface area contributed by atoms with E-state index in [1.54, 1.807) is 55.5 Å². The molecule has 2 aromatic rings. The highest BCUT2D eigenvalue weighted by atomic mass is 16.5. The van der Waals surface area contributed by atoms with Crippen LogP contribution in [0, 0.1) is 0 Å². The number of hydrogen-bond acceptors (Lipinski definition) is 5. The summed E-state index contributed by atoms with van der Waals surface area (Å²) in [6, 6.07) is 12.9. The Balaban J connectivity index is 1.95. The summed E-state index contributed by atoms with van der Waals surface area (Å²) in [5.74, 6) is 0.0426. The first-order valence-electron chi connectivity index (χ1n) is 8.74. The Morgan fingerprint density at radius 3 is 2.36 bits per heavy atom. The number of ether oxygens (including phenoxy) is 2.